The molecular weight excluding hydrogens is 360 g/mol. The van der Waals surface area contributed by atoms with Gasteiger partial charge in [-0.2, -0.15) is 0 Å². The molecule has 3 rings (SSSR count). The van der Waals surface area contributed by atoms with E-state index in [9.17, 15) is 0 Å². The lowest BCUT2D eigenvalue weighted by Crippen LogP contribution is -2.06. The van der Waals surface area contributed by atoms with Crippen LogP contribution in [0.25, 0.3) is 0 Å². The molecule has 30 heavy (non-hydrogen) atoms. The fraction of sp³-hybridized carbons (Fsp3) is 0.400. The average Bonchev–Trinajstić information content (AvgIpc) is 2.74. The number of aryl methyl sites for hydroxylation is 5. The lowest BCUT2D eigenvalue weighted by molar-refractivity contribution is 0.527. The maximum atomic E-state index is 2.43. The summed E-state index contributed by atoms with van der Waals surface area (Å²) < 4.78 is 0. The normalized spacial score (nSPS) is 13.2. The summed E-state index contributed by atoms with van der Waals surface area (Å²) >= 11 is 0. The molecule has 2 atom stereocenters. The van der Waals surface area contributed by atoms with Crippen molar-refractivity contribution in [3.63, 3.8) is 0 Å². The average molecular weight is 399 g/mol. The molecule has 0 saturated heterocycles. The Morgan fingerprint density at radius 2 is 1.17 bits per heavy atom. The first-order valence-corrected chi connectivity index (χ1v) is 11.6. The molecular formula is C30H38. The monoisotopic (exact) mass is 398 g/mol. The van der Waals surface area contributed by atoms with Gasteiger partial charge in [0.25, 0.3) is 0 Å². The zero-order valence-corrected chi connectivity index (χ0v) is 19.5. The van der Waals surface area contributed by atoms with Gasteiger partial charge in [0.1, 0.15) is 0 Å². The second kappa shape index (κ2) is 10.6. The van der Waals surface area contributed by atoms with Crippen LogP contribution in [0.4, 0.5) is 0 Å². The van der Waals surface area contributed by atoms with Gasteiger partial charge in [-0.1, -0.05) is 97.3 Å². The fourth-order valence-electron chi connectivity index (χ4n) is 4.32. The number of hydrogen-bond donors (Lipinski definition) is 0. The molecule has 158 valence electrons. The topological polar surface area (TPSA) is 0 Å². The highest BCUT2D eigenvalue weighted by Crippen LogP contribution is 2.28. The van der Waals surface area contributed by atoms with Crippen molar-refractivity contribution in [1.82, 2.24) is 0 Å². The van der Waals surface area contributed by atoms with Gasteiger partial charge in [-0.3, -0.25) is 0 Å². The number of rotatable bonds is 9. The summed E-state index contributed by atoms with van der Waals surface area (Å²) in [6.45, 7) is 11.3. The predicted molar refractivity (Wildman–Crippen MR) is 131 cm³/mol. The second-order valence-corrected chi connectivity index (χ2v) is 9.46. The molecule has 0 saturated carbocycles. The van der Waals surface area contributed by atoms with Crippen molar-refractivity contribution in [3.8, 4) is 0 Å². The van der Waals surface area contributed by atoms with Crippen LogP contribution in [0.15, 0.2) is 66.7 Å². The van der Waals surface area contributed by atoms with Gasteiger partial charge in [0.15, 0.2) is 0 Å². The van der Waals surface area contributed by atoms with Gasteiger partial charge in [0.05, 0.1) is 0 Å². The quantitative estimate of drug-likeness (QED) is 0.341. The molecule has 0 N–H and O–H groups in total. The molecule has 0 nitrogen and oxygen atoms in total. The Morgan fingerprint density at radius 3 is 1.80 bits per heavy atom. The van der Waals surface area contributed by atoms with Crippen molar-refractivity contribution in [2.24, 2.45) is 5.92 Å². The Labute approximate surface area is 184 Å². The Hall–Kier alpha value is -2.34. The van der Waals surface area contributed by atoms with Crippen molar-refractivity contribution in [3.05, 3.63) is 106 Å². The number of hydrogen-bond acceptors (Lipinski definition) is 0. The molecule has 0 heteroatoms. The van der Waals surface area contributed by atoms with Crippen molar-refractivity contribution in [2.75, 3.05) is 0 Å². The number of benzene rings is 3. The van der Waals surface area contributed by atoms with Crippen molar-refractivity contribution in [2.45, 2.75) is 72.6 Å². The maximum Gasteiger partial charge on any atom is -0.0184 e. The SMILES string of the molecule is Cc1ccc(CCC(C)c2cc(C)ccc2CCC(C)Cc2ccc(C)cc2)cc1. The van der Waals surface area contributed by atoms with Crippen LogP contribution in [-0.4, -0.2) is 0 Å². The minimum absolute atomic E-state index is 0.591. The first-order valence-electron chi connectivity index (χ1n) is 11.6. The van der Waals surface area contributed by atoms with E-state index in [0.29, 0.717) is 11.8 Å². The molecule has 0 radical (unpaired) electrons. The molecule has 0 heterocycles. The molecule has 0 amide bonds. The molecule has 3 aromatic carbocycles. The van der Waals surface area contributed by atoms with Crippen molar-refractivity contribution < 1.29 is 0 Å². The van der Waals surface area contributed by atoms with Crippen LogP contribution in [0.1, 0.15) is 71.6 Å². The van der Waals surface area contributed by atoms with Gasteiger partial charge in [0.2, 0.25) is 0 Å². The minimum Gasteiger partial charge on any atom is -0.0622 e. The Balaban J connectivity index is 1.60. The summed E-state index contributed by atoms with van der Waals surface area (Å²) in [6, 6.07) is 25.2. The van der Waals surface area contributed by atoms with Gasteiger partial charge in [-0.05, 0) is 87.0 Å². The van der Waals surface area contributed by atoms with E-state index in [1.807, 2.05) is 0 Å². The minimum atomic E-state index is 0.591. The molecule has 0 aliphatic carbocycles. The molecule has 2 unspecified atom stereocenters. The fourth-order valence-corrected chi connectivity index (χ4v) is 4.32. The van der Waals surface area contributed by atoms with Crippen LogP contribution < -0.4 is 0 Å². The van der Waals surface area contributed by atoms with Crippen LogP contribution in [0.2, 0.25) is 0 Å². The van der Waals surface area contributed by atoms with E-state index >= 15 is 0 Å². The third-order valence-corrected chi connectivity index (χ3v) is 6.43. The van der Waals surface area contributed by atoms with E-state index in [4.69, 9.17) is 0 Å². The van der Waals surface area contributed by atoms with Crippen molar-refractivity contribution >= 4 is 0 Å². The smallest absolute Gasteiger partial charge is 0.0184 e. The van der Waals surface area contributed by atoms with E-state index in [1.54, 1.807) is 11.1 Å². The summed E-state index contributed by atoms with van der Waals surface area (Å²) in [7, 11) is 0. The first-order chi connectivity index (χ1) is 14.4. The second-order valence-electron chi connectivity index (χ2n) is 9.46. The summed E-state index contributed by atoms with van der Waals surface area (Å²) in [5, 5.41) is 0. The van der Waals surface area contributed by atoms with Gasteiger partial charge < -0.3 is 0 Å². The van der Waals surface area contributed by atoms with Crippen LogP contribution in [0, 0.1) is 26.7 Å². The van der Waals surface area contributed by atoms with E-state index < -0.39 is 0 Å². The lowest BCUT2D eigenvalue weighted by Gasteiger charge is -2.19. The van der Waals surface area contributed by atoms with Gasteiger partial charge in [-0.25, -0.2) is 0 Å². The summed E-state index contributed by atoms with van der Waals surface area (Å²) in [6.07, 6.45) is 5.95. The van der Waals surface area contributed by atoms with E-state index in [2.05, 4.69) is 101 Å². The summed E-state index contributed by atoms with van der Waals surface area (Å²) in [4.78, 5) is 0. The zero-order chi connectivity index (χ0) is 21.5. The standard InChI is InChI=1S/C30H38/c1-22-6-13-27(14-7-22)17-12-26(5)30-21-25(4)11-19-29(30)18-10-24(3)20-28-15-8-23(2)9-16-28/h6-9,11,13-16,19,21,24,26H,10,12,17-18,20H2,1-5H3. The third-order valence-electron chi connectivity index (χ3n) is 6.43. The maximum absolute atomic E-state index is 2.43. The van der Waals surface area contributed by atoms with Gasteiger partial charge in [0, 0.05) is 0 Å². The molecule has 0 aromatic heterocycles. The zero-order valence-electron chi connectivity index (χ0n) is 19.5. The largest absolute Gasteiger partial charge is 0.0622 e. The Kier molecular flexibility index (Phi) is 7.91. The Bertz CT molecular complexity index is 915. The molecule has 0 aliphatic heterocycles. The lowest BCUT2D eigenvalue weighted by atomic mass is 9.86. The highest BCUT2D eigenvalue weighted by Gasteiger charge is 2.13. The van der Waals surface area contributed by atoms with Crippen LogP contribution in [0.5, 0.6) is 0 Å². The van der Waals surface area contributed by atoms with Gasteiger partial charge in [-0.15, -0.1) is 0 Å². The highest BCUT2D eigenvalue weighted by molar-refractivity contribution is 5.34. The van der Waals surface area contributed by atoms with E-state index in [1.165, 1.54) is 53.5 Å². The van der Waals surface area contributed by atoms with Crippen molar-refractivity contribution in [1.29, 1.82) is 0 Å². The molecule has 0 fully saturated rings. The summed E-state index contributed by atoms with van der Waals surface area (Å²) in [5.41, 5.74) is 10.1. The Morgan fingerprint density at radius 1 is 0.600 bits per heavy atom. The summed E-state index contributed by atoms with van der Waals surface area (Å²) in [5.74, 6) is 1.29. The molecule has 3 aromatic rings. The first kappa shape index (κ1) is 22.3. The van der Waals surface area contributed by atoms with Gasteiger partial charge >= 0.3 is 0 Å². The predicted octanol–water partition coefficient (Wildman–Crippen LogP) is 8.16. The van der Waals surface area contributed by atoms with Crippen LogP contribution in [0.3, 0.4) is 0 Å². The third kappa shape index (κ3) is 6.59. The molecule has 0 bridgehead atoms. The highest BCUT2D eigenvalue weighted by atomic mass is 14.2. The van der Waals surface area contributed by atoms with Crippen LogP contribution in [-0.2, 0) is 19.3 Å². The van der Waals surface area contributed by atoms with E-state index in [0.717, 1.165) is 6.42 Å². The van der Waals surface area contributed by atoms with Crippen LogP contribution >= 0.6 is 0 Å². The molecule has 0 aliphatic rings. The molecule has 0 spiro atoms. The van der Waals surface area contributed by atoms with E-state index in [-0.39, 0.29) is 0 Å².